The second-order valence-corrected chi connectivity index (χ2v) is 4.70. The van der Waals surface area contributed by atoms with Crippen LogP contribution in [0.15, 0.2) is 12.4 Å². The van der Waals surface area contributed by atoms with E-state index < -0.39 is 0 Å². The van der Waals surface area contributed by atoms with Gasteiger partial charge in [0.05, 0.1) is 13.2 Å². The van der Waals surface area contributed by atoms with E-state index in [2.05, 4.69) is 21.8 Å². The number of hydrogen-bond donors (Lipinski definition) is 1. The largest absolute Gasteiger partial charge is 0.382 e. The molecule has 5 heteroatoms. The van der Waals surface area contributed by atoms with Gasteiger partial charge in [0.15, 0.2) is 0 Å². The SMILES string of the molecule is CCCNC(CCOCCOC)Cc1nccn1C. The number of nitrogens with one attached hydrogen (secondary N) is 1. The fourth-order valence-electron chi connectivity index (χ4n) is 1.91. The van der Waals surface area contributed by atoms with Gasteiger partial charge in [-0.3, -0.25) is 0 Å². The molecule has 1 N–H and O–H groups in total. The third kappa shape index (κ3) is 6.71. The van der Waals surface area contributed by atoms with Crippen LogP contribution in [-0.2, 0) is 22.9 Å². The number of nitrogens with zero attached hydrogens (tertiary/aromatic N) is 2. The smallest absolute Gasteiger partial charge is 0.109 e. The lowest BCUT2D eigenvalue weighted by atomic mass is 10.1. The van der Waals surface area contributed by atoms with Crippen molar-refractivity contribution in [2.75, 3.05) is 33.5 Å². The van der Waals surface area contributed by atoms with Crippen molar-refractivity contribution < 1.29 is 9.47 Å². The minimum atomic E-state index is 0.420. The second kappa shape index (κ2) is 9.95. The van der Waals surface area contributed by atoms with Crippen LogP contribution in [0.4, 0.5) is 0 Å². The molecular weight excluding hydrogens is 242 g/mol. The maximum absolute atomic E-state index is 5.54. The zero-order valence-corrected chi connectivity index (χ0v) is 12.4. The van der Waals surface area contributed by atoms with E-state index in [4.69, 9.17) is 9.47 Å². The summed E-state index contributed by atoms with van der Waals surface area (Å²) in [7, 11) is 3.73. The van der Waals surface area contributed by atoms with E-state index in [9.17, 15) is 0 Å². The van der Waals surface area contributed by atoms with Crippen molar-refractivity contribution in [3.05, 3.63) is 18.2 Å². The number of rotatable bonds is 11. The fraction of sp³-hybridized carbons (Fsp3) is 0.786. The number of aryl methyl sites for hydroxylation is 1. The third-order valence-corrected chi connectivity index (χ3v) is 3.08. The summed E-state index contributed by atoms with van der Waals surface area (Å²) in [6.45, 7) is 5.30. The lowest BCUT2D eigenvalue weighted by molar-refractivity contribution is 0.0657. The van der Waals surface area contributed by atoms with E-state index in [0.717, 1.165) is 38.2 Å². The van der Waals surface area contributed by atoms with Crippen molar-refractivity contribution in [1.29, 1.82) is 0 Å². The molecule has 19 heavy (non-hydrogen) atoms. The van der Waals surface area contributed by atoms with E-state index in [1.807, 2.05) is 19.4 Å². The predicted octanol–water partition coefficient (Wildman–Crippen LogP) is 1.38. The fourth-order valence-corrected chi connectivity index (χ4v) is 1.91. The summed E-state index contributed by atoms with van der Waals surface area (Å²) < 4.78 is 12.6. The molecule has 0 saturated carbocycles. The van der Waals surface area contributed by atoms with Gasteiger partial charge in [-0.25, -0.2) is 4.98 Å². The van der Waals surface area contributed by atoms with Gasteiger partial charge < -0.3 is 19.4 Å². The highest BCUT2D eigenvalue weighted by Gasteiger charge is 2.11. The Balaban J connectivity index is 2.32. The lowest BCUT2D eigenvalue weighted by Crippen LogP contribution is -2.34. The molecule has 0 aromatic carbocycles. The molecule has 5 nitrogen and oxygen atoms in total. The summed E-state index contributed by atoms with van der Waals surface area (Å²) in [6, 6.07) is 0.420. The zero-order valence-electron chi connectivity index (χ0n) is 12.4. The highest BCUT2D eigenvalue weighted by Crippen LogP contribution is 2.04. The molecule has 0 spiro atoms. The molecule has 1 rings (SSSR count). The number of ether oxygens (including phenoxy) is 2. The standard InChI is InChI=1S/C14H27N3O2/c1-4-6-15-13(5-9-19-11-10-18-3)12-14-16-7-8-17(14)2/h7-8,13,15H,4-6,9-12H2,1-3H3. The molecule has 0 amide bonds. The Morgan fingerprint density at radius 1 is 1.37 bits per heavy atom. The molecule has 0 aliphatic rings. The first kappa shape index (κ1) is 16.1. The summed E-state index contributed by atoms with van der Waals surface area (Å²) in [5.74, 6) is 1.12. The average Bonchev–Trinajstić information content (AvgIpc) is 2.81. The molecule has 1 aromatic rings. The Bertz CT molecular complexity index is 328. The minimum Gasteiger partial charge on any atom is -0.382 e. The molecule has 0 radical (unpaired) electrons. The molecule has 1 heterocycles. The van der Waals surface area contributed by atoms with Crippen molar-refractivity contribution in [2.24, 2.45) is 7.05 Å². The summed E-state index contributed by atoms with van der Waals surface area (Å²) in [5, 5.41) is 3.56. The Kier molecular flexibility index (Phi) is 8.45. The second-order valence-electron chi connectivity index (χ2n) is 4.70. The molecule has 1 unspecified atom stereocenters. The summed E-state index contributed by atoms with van der Waals surface area (Å²) in [4.78, 5) is 4.38. The molecule has 0 bridgehead atoms. The summed E-state index contributed by atoms with van der Waals surface area (Å²) in [6.07, 6.45) is 6.91. The Hall–Kier alpha value is -0.910. The van der Waals surface area contributed by atoms with Crippen molar-refractivity contribution in [2.45, 2.75) is 32.2 Å². The van der Waals surface area contributed by atoms with Gasteiger partial charge in [-0.2, -0.15) is 0 Å². The van der Waals surface area contributed by atoms with Crippen LogP contribution in [0.2, 0.25) is 0 Å². The zero-order chi connectivity index (χ0) is 13.9. The Morgan fingerprint density at radius 2 is 2.21 bits per heavy atom. The van der Waals surface area contributed by atoms with E-state index in [1.165, 1.54) is 0 Å². The predicted molar refractivity (Wildman–Crippen MR) is 76.3 cm³/mol. The van der Waals surface area contributed by atoms with Crippen LogP contribution in [0.5, 0.6) is 0 Å². The first-order valence-electron chi connectivity index (χ1n) is 7.04. The molecule has 1 atom stereocenters. The quantitative estimate of drug-likeness (QED) is 0.617. The van der Waals surface area contributed by atoms with E-state index in [0.29, 0.717) is 19.3 Å². The van der Waals surface area contributed by atoms with Crippen molar-refractivity contribution in [3.8, 4) is 0 Å². The van der Waals surface area contributed by atoms with Crippen molar-refractivity contribution >= 4 is 0 Å². The Morgan fingerprint density at radius 3 is 2.84 bits per heavy atom. The van der Waals surface area contributed by atoms with Gasteiger partial charge in [0, 0.05) is 45.6 Å². The average molecular weight is 269 g/mol. The van der Waals surface area contributed by atoms with Crippen LogP contribution in [0.3, 0.4) is 0 Å². The van der Waals surface area contributed by atoms with E-state index >= 15 is 0 Å². The number of hydrogen-bond acceptors (Lipinski definition) is 4. The topological polar surface area (TPSA) is 48.3 Å². The van der Waals surface area contributed by atoms with Crippen LogP contribution in [0, 0.1) is 0 Å². The maximum Gasteiger partial charge on any atom is 0.109 e. The number of methoxy groups -OCH3 is 1. The first-order valence-corrected chi connectivity index (χ1v) is 7.04. The van der Waals surface area contributed by atoms with Gasteiger partial charge in [-0.15, -0.1) is 0 Å². The van der Waals surface area contributed by atoms with Crippen molar-refractivity contribution in [1.82, 2.24) is 14.9 Å². The monoisotopic (exact) mass is 269 g/mol. The van der Waals surface area contributed by atoms with Crippen LogP contribution >= 0.6 is 0 Å². The maximum atomic E-state index is 5.54. The van der Waals surface area contributed by atoms with Crippen LogP contribution in [0.1, 0.15) is 25.6 Å². The lowest BCUT2D eigenvalue weighted by Gasteiger charge is -2.18. The Labute approximate surface area is 116 Å². The minimum absolute atomic E-state index is 0.420. The van der Waals surface area contributed by atoms with Gasteiger partial charge >= 0.3 is 0 Å². The van der Waals surface area contributed by atoms with Gasteiger partial charge in [0.25, 0.3) is 0 Å². The molecule has 0 saturated heterocycles. The normalized spacial score (nSPS) is 12.8. The highest BCUT2D eigenvalue weighted by atomic mass is 16.5. The third-order valence-electron chi connectivity index (χ3n) is 3.08. The number of aromatic nitrogens is 2. The van der Waals surface area contributed by atoms with E-state index in [1.54, 1.807) is 7.11 Å². The van der Waals surface area contributed by atoms with Gasteiger partial charge in [0.2, 0.25) is 0 Å². The van der Waals surface area contributed by atoms with Gasteiger partial charge in [-0.1, -0.05) is 6.92 Å². The first-order chi connectivity index (χ1) is 9.27. The molecule has 0 fully saturated rings. The van der Waals surface area contributed by atoms with Crippen LogP contribution < -0.4 is 5.32 Å². The molecule has 0 aliphatic heterocycles. The van der Waals surface area contributed by atoms with Crippen molar-refractivity contribution in [3.63, 3.8) is 0 Å². The summed E-state index contributed by atoms with van der Waals surface area (Å²) >= 11 is 0. The van der Waals surface area contributed by atoms with Gasteiger partial charge in [0.1, 0.15) is 5.82 Å². The molecule has 110 valence electrons. The van der Waals surface area contributed by atoms with Crippen LogP contribution in [0.25, 0.3) is 0 Å². The highest BCUT2D eigenvalue weighted by molar-refractivity contribution is 4.94. The molecule has 1 aromatic heterocycles. The van der Waals surface area contributed by atoms with E-state index in [-0.39, 0.29) is 0 Å². The van der Waals surface area contributed by atoms with Crippen LogP contribution in [-0.4, -0.2) is 49.1 Å². The summed E-state index contributed by atoms with van der Waals surface area (Å²) in [5.41, 5.74) is 0. The molecule has 0 aliphatic carbocycles. The molecular formula is C14H27N3O2. The number of imidazole rings is 1. The van der Waals surface area contributed by atoms with Gasteiger partial charge in [-0.05, 0) is 19.4 Å².